The monoisotopic (exact) mass is 322 g/mol. The van der Waals surface area contributed by atoms with Crippen LogP contribution in [0.25, 0.3) is 0 Å². The minimum absolute atomic E-state index is 0.0563. The Bertz CT molecular complexity index is 524. The van der Waals surface area contributed by atoms with Crippen molar-refractivity contribution < 1.29 is 9.59 Å². The van der Waals surface area contributed by atoms with Crippen LogP contribution in [0.15, 0.2) is 24.3 Å². The molecule has 1 aromatic carbocycles. The Balaban J connectivity index is 1.85. The van der Waals surface area contributed by atoms with Crippen LogP contribution >= 0.6 is 11.6 Å². The lowest BCUT2D eigenvalue weighted by atomic mass is 9.85. The van der Waals surface area contributed by atoms with E-state index in [0.717, 1.165) is 18.4 Å². The molecule has 0 saturated heterocycles. The van der Waals surface area contributed by atoms with E-state index in [1.807, 2.05) is 24.3 Å². The first-order valence-electron chi connectivity index (χ1n) is 7.77. The Morgan fingerprint density at radius 1 is 1.18 bits per heavy atom. The second-order valence-corrected chi connectivity index (χ2v) is 6.66. The van der Waals surface area contributed by atoms with Crippen molar-refractivity contribution >= 4 is 23.4 Å². The molecule has 1 unspecified atom stereocenters. The van der Waals surface area contributed by atoms with Gasteiger partial charge in [-0.2, -0.15) is 0 Å². The molecule has 2 amide bonds. The van der Waals surface area contributed by atoms with Gasteiger partial charge in [-0.25, -0.2) is 0 Å². The van der Waals surface area contributed by atoms with Crippen LogP contribution in [-0.2, 0) is 9.59 Å². The highest BCUT2D eigenvalue weighted by Gasteiger charge is 2.24. The minimum atomic E-state index is -0.108. The van der Waals surface area contributed by atoms with Gasteiger partial charge in [0.1, 0.15) is 0 Å². The van der Waals surface area contributed by atoms with Crippen molar-refractivity contribution in [2.75, 3.05) is 6.54 Å². The number of rotatable bonds is 7. The lowest BCUT2D eigenvalue weighted by Crippen LogP contribution is -2.38. The fourth-order valence-electron chi connectivity index (χ4n) is 2.41. The summed E-state index contributed by atoms with van der Waals surface area (Å²) in [6.45, 7) is 4.24. The second kappa shape index (κ2) is 7.63. The summed E-state index contributed by atoms with van der Waals surface area (Å²) in [4.78, 5) is 23.7. The molecule has 0 spiro atoms. The highest BCUT2D eigenvalue weighted by Crippen LogP contribution is 2.28. The van der Waals surface area contributed by atoms with Gasteiger partial charge in [-0.15, -0.1) is 0 Å². The smallest absolute Gasteiger partial charge is 0.239 e. The predicted octanol–water partition coefficient (Wildman–Crippen LogP) is 2.86. The molecule has 0 aromatic heterocycles. The molecule has 22 heavy (non-hydrogen) atoms. The maximum atomic E-state index is 12.1. The standard InChI is InChI=1S/C17H23ClN2O2/c1-11(2)15(12-3-5-13(18)6-4-12)9-16(21)19-10-17(22)20-14-7-8-14/h3-6,11,14-15H,7-10H2,1-2H3,(H,19,21)(H,20,22). The van der Waals surface area contributed by atoms with Crippen molar-refractivity contribution in [2.24, 2.45) is 5.92 Å². The number of nitrogens with one attached hydrogen (secondary N) is 2. The Morgan fingerprint density at radius 2 is 1.82 bits per heavy atom. The second-order valence-electron chi connectivity index (χ2n) is 6.22. The zero-order valence-electron chi connectivity index (χ0n) is 13.1. The third-order valence-corrected chi connectivity index (χ3v) is 4.15. The summed E-state index contributed by atoms with van der Waals surface area (Å²) < 4.78 is 0. The minimum Gasteiger partial charge on any atom is -0.352 e. The zero-order chi connectivity index (χ0) is 16.1. The highest BCUT2D eigenvalue weighted by molar-refractivity contribution is 6.30. The largest absolute Gasteiger partial charge is 0.352 e. The van der Waals surface area contributed by atoms with Gasteiger partial charge in [0.25, 0.3) is 0 Å². The Morgan fingerprint density at radius 3 is 2.36 bits per heavy atom. The van der Waals surface area contributed by atoms with Gasteiger partial charge in [0, 0.05) is 17.5 Å². The summed E-state index contributed by atoms with van der Waals surface area (Å²) in [5.74, 6) is 0.235. The zero-order valence-corrected chi connectivity index (χ0v) is 13.8. The quantitative estimate of drug-likeness (QED) is 0.811. The summed E-state index contributed by atoms with van der Waals surface area (Å²) in [6, 6.07) is 7.92. The van der Waals surface area contributed by atoms with E-state index >= 15 is 0 Å². The summed E-state index contributed by atoms with van der Waals surface area (Å²) in [7, 11) is 0. The summed E-state index contributed by atoms with van der Waals surface area (Å²) in [6.07, 6.45) is 2.47. The molecule has 2 rings (SSSR count). The number of hydrogen-bond donors (Lipinski definition) is 2. The van der Waals surface area contributed by atoms with E-state index in [4.69, 9.17) is 11.6 Å². The average Bonchev–Trinajstić information content (AvgIpc) is 3.27. The van der Waals surface area contributed by atoms with Gasteiger partial charge < -0.3 is 10.6 Å². The molecule has 0 radical (unpaired) electrons. The van der Waals surface area contributed by atoms with Crippen LogP contribution in [0.4, 0.5) is 0 Å². The van der Waals surface area contributed by atoms with Crippen molar-refractivity contribution in [3.8, 4) is 0 Å². The van der Waals surface area contributed by atoms with Crippen LogP contribution in [0, 0.1) is 5.92 Å². The molecule has 1 aromatic rings. The molecule has 0 bridgehead atoms. The summed E-state index contributed by atoms with van der Waals surface area (Å²) in [5.41, 5.74) is 1.09. The first-order chi connectivity index (χ1) is 10.5. The highest BCUT2D eigenvalue weighted by atomic mass is 35.5. The van der Waals surface area contributed by atoms with Crippen LogP contribution in [0.1, 0.15) is 44.6 Å². The number of halogens is 1. The molecule has 0 heterocycles. The number of benzene rings is 1. The van der Waals surface area contributed by atoms with Crippen LogP contribution in [0.5, 0.6) is 0 Å². The SMILES string of the molecule is CC(C)C(CC(=O)NCC(=O)NC1CC1)c1ccc(Cl)cc1. The van der Waals surface area contributed by atoms with Crippen molar-refractivity contribution in [3.05, 3.63) is 34.9 Å². The van der Waals surface area contributed by atoms with Gasteiger partial charge in [-0.1, -0.05) is 37.6 Å². The Labute approximate surface area is 136 Å². The maximum Gasteiger partial charge on any atom is 0.239 e. The molecular weight excluding hydrogens is 300 g/mol. The third-order valence-electron chi connectivity index (χ3n) is 3.90. The van der Waals surface area contributed by atoms with Crippen molar-refractivity contribution in [1.82, 2.24) is 10.6 Å². The van der Waals surface area contributed by atoms with Gasteiger partial charge in [0.2, 0.25) is 11.8 Å². The van der Waals surface area contributed by atoms with Crippen molar-refractivity contribution in [1.29, 1.82) is 0 Å². The first kappa shape index (κ1) is 16.8. The van der Waals surface area contributed by atoms with E-state index in [2.05, 4.69) is 24.5 Å². The summed E-state index contributed by atoms with van der Waals surface area (Å²) >= 11 is 5.91. The molecule has 1 fully saturated rings. The fraction of sp³-hybridized carbons (Fsp3) is 0.529. The topological polar surface area (TPSA) is 58.2 Å². The third kappa shape index (κ3) is 5.34. The molecule has 1 aliphatic carbocycles. The van der Waals surface area contributed by atoms with Crippen LogP contribution < -0.4 is 10.6 Å². The van der Waals surface area contributed by atoms with Gasteiger partial charge in [0.05, 0.1) is 6.54 Å². The normalized spacial score (nSPS) is 15.5. The fourth-order valence-corrected chi connectivity index (χ4v) is 2.53. The van der Waals surface area contributed by atoms with Crippen LogP contribution in [0.3, 0.4) is 0 Å². The number of hydrogen-bond acceptors (Lipinski definition) is 2. The number of carbonyl (C=O) groups excluding carboxylic acids is 2. The van der Waals surface area contributed by atoms with E-state index in [1.54, 1.807) is 0 Å². The average molecular weight is 323 g/mol. The van der Waals surface area contributed by atoms with E-state index < -0.39 is 0 Å². The van der Waals surface area contributed by atoms with Crippen LogP contribution in [0.2, 0.25) is 5.02 Å². The van der Waals surface area contributed by atoms with Gasteiger partial charge in [-0.05, 0) is 42.4 Å². The molecule has 0 aliphatic heterocycles. The molecule has 1 saturated carbocycles. The molecule has 120 valence electrons. The van der Waals surface area contributed by atoms with E-state index in [9.17, 15) is 9.59 Å². The predicted molar refractivity (Wildman–Crippen MR) is 87.8 cm³/mol. The maximum absolute atomic E-state index is 12.1. The molecule has 4 nitrogen and oxygen atoms in total. The molecule has 1 atom stereocenters. The van der Waals surface area contributed by atoms with Crippen LogP contribution in [-0.4, -0.2) is 24.4 Å². The first-order valence-corrected chi connectivity index (χ1v) is 8.15. The molecule has 5 heteroatoms. The van der Waals surface area contributed by atoms with Gasteiger partial charge in [-0.3, -0.25) is 9.59 Å². The van der Waals surface area contributed by atoms with Gasteiger partial charge >= 0.3 is 0 Å². The van der Waals surface area contributed by atoms with E-state index in [1.165, 1.54) is 0 Å². The molecule has 2 N–H and O–H groups in total. The lowest BCUT2D eigenvalue weighted by Gasteiger charge is -2.21. The van der Waals surface area contributed by atoms with Crippen molar-refractivity contribution in [2.45, 2.75) is 45.1 Å². The number of amides is 2. The molecular formula is C17H23ClN2O2. The number of carbonyl (C=O) groups is 2. The molecule has 1 aliphatic rings. The lowest BCUT2D eigenvalue weighted by molar-refractivity contribution is -0.126. The van der Waals surface area contributed by atoms with Gasteiger partial charge in [0.15, 0.2) is 0 Å². The Hall–Kier alpha value is -1.55. The van der Waals surface area contributed by atoms with E-state index in [-0.39, 0.29) is 24.3 Å². The Kier molecular flexibility index (Phi) is 5.83. The van der Waals surface area contributed by atoms with E-state index in [0.29, 0.717) is 23.4 Å². The van der Waals surface area contributed by atoms with Crippen molar-refractivity contribution in [3.63, 3.8) is 0 Å². The summed E-state index contributed by atoms with van der Waals surface area (Å²) in [5, 5.41) is 6.25.